The number of aryl methyl sites for hydroxylation is 2. The van der Waals surface area contributed by atoms with Gasteiger partial charge in [0.25, 0.3) is 5.91 Å². The maximum Gasteiger partial charge on any atom is 0.295 e. The van der Waals surface area contributed by atoms with Crippen molar-refractivity contribution in [1.29, 1.82) is 0 Å². The molecular formula is C17H15FN4O. The normalized spacial score (nSPS) is 10.6. The molecule has 0 fully saturated rings. The van der Waals surface area contributed by atoms with Gasteiger partial charge in [0, 0.05) is 5.69 Å². The number of anilines is 1. The van der Waals surface area contributed by atoms with E-state index in [2.05, 4.69) is 15.4 Å². The highest BCUT2D eigenvalue weighted by molar-refractivity contribution is 6.01. The summed E-state index contributed by atoms with van der Waals surface area (Å²) in [5.41, 5.74) is 2.39. The van der Waals surface area contributed by atoms with E-state index in [1.54, 1.807) is 11.6 Å². The van der Waals surface area contributed by atoms with Gasteiger partial charge >= 0.3 is 0 Å². The van der Waals surface area contributed by atoms with Crippen LogP contribution in [0.2, 0.25) is 0 Å². The number of hydrogen-bond acceptors (Lipinski definition) is 3. The Morgan fingerprint density at radius 3 is 2.48 bits per heavy atom. The molecule has 0 unspecified atom stereocenters. The number of hydrogen-bond donors (Lipinski definition) is 1. The number of halogens is 1. The summed E-state index contributed by atoms with van der Waals surface area (Å²) in [7, 11) is 0. The van der Waals surface area contributed by atoms with Crippen molar-refractivity contribution >= 4 is 11.6 Å². The topological polar surface area (TPSA) is 59.8 Å². The largest absolute Gasteiger partial charge is 0.319 e. The van der Waals surface area contributed by atoms with E-state index in [1.807, 2.05) is 31.2 Å². The maximum atomic E-state index is 12.9. The minimum absolute atomic E-state index is 0.0649. The van der Waals surface area contributed by atoms with Crippen molar-refractivity contribution < 1.29 is 9.18 Å². The Kier molecular flexibility index (Phi) is 3.89. The second kappa shape index (κ2) is 6.00. The first kappa shape index (κ1) is 14.9. The van der Waals surface area contributed by atoms with E-state index in [-0.39, 0.29) is 11.6 Å². The van der Waals surface area contributed by atoms with Crippen molar-refractivity contribution in [2.45, 2.75) is 13.8 Å². The lowest BCUT2D eigenvalue weighted by Crippen LogP contribution is -2.14. The van der Waals surface area contributed by atoms with E-state index in [0.29, 0.717) is 11.5 Å². The Morgan fingerprint density at radius 1 is 1.09 bits per heavy atom. The molecule has 0 radical (unpaired) electrons. The number of para-hydroxylation sites is 1. The van der Waals surface area contributed by atoms with Crippen LogP contribution in [-0.4, -0.2) is 20.7 Å². The van der Waals surface area contributed by atoms with Crippen LogP contribution in [0.4, 0.5) is 10.1 Å². The third-order valence-corrected chi connectivity index (χ3v) is 3.42. The SMILES string of the molecule is Cc1ccccc1-n1nc(C(=O)Nc2ccc(F)cc2)nc1C. The van der Waals surface area contributed by atoms with Gasteiger partial charge in [-0.25, -0.2) is 14.1 Å². The van der Waals surface area contributed by atoms with Crippen LogP contribution in [0.15, 0.2) is 48.5 Å². The van der Waals surface area contributed by atoms with Crippen molar-refractivity contribution in [2.24, 2.45) is 0 Å². The maximum absolute atomic E-state index is 12.9. The highest BCUT2D eigenvalue weighted by Crippen LogP contribution is 2.15. The zero-order chi connectivity index (χ0) is 16.4. The predicted octanol–water partition coefficient (Wildman–Crippen LogP) is 3.28. The molecule has 0 atom stereocenters. The van der Waals surface area contributed by atoms with Gasteiger partial charge in [-0.1, -0.05) is 18.2 Å². The highest BCUT2D eigenvalue weighted by Gasteiger charge is 2.16. The second-order valence-electron chi connectivity index (χ2n) is 5.14. The van der Waals surface area contributed by atoms with Gasteiger partial charge < -0.3 is 5.32 Å². The molecule has 23 heavy (non-hydrogen) atoms. The molecule has 1 N–H and O–H groups in total. The number of carbonyl (C=O) groups is 1. The molecule has 3 aromatic rings. The Balaban J connectivity index is 1.87. The van der Waals surface area contributed by atoms with Gasteiger partial charge in [0.2, 0.25) is 5.82 Å². The second-order valence-corrected chi connectivity index (χ2v) is 5.14. The van der Waals surface area contributed by atoms with E-state index >= 15 is 0 Å². The van der Waals surface area contributed by atoms with Gasteiger partial charge in [0.1, 0.15) is 11.6 Å². The van der Waals surface area contributed by atoms with E-state index in [4.69, 9.17) is 0 Å². The van der Waals surface area contributed by atoms with Gasteiger partial charge in [-0.15, -0.1) is 5.10 Å². The molecule has 0 bridgehead atoms. The van der Waals surface area contributed by atoms with Gasteiger partial charge in [0.15, 0.2) is 0 Å². The zero-order valence-electron chi connectivity index (χ0n) is 12.7. The van der Waals surface area contributed by atoms with E-state index in [0.717, 1.165) is 11.3 Å². The summed E-state index contributed by atoms with van der Waals surface area (Å²) in [4.78, 5) is 16.4. The first-order valence-corrected chi connectivity index (χ1v) is 7.11. The van der Waals surface area contributed by atoms with Crippen LogP contribution >= 0.6 is 0 Å². The van der Waals surface area contributed by atoms with Crippen molar-refractivity contribution in [3.05, 3.63) is 71.6 Å². The van der Waals surface area contributed by atoms with Crippen LogP contribution in [0.25, 0.3) is 5.69 Å². The fraction of sp³-hybridized carbons (Fsp3) is 0.118. The summed E-state index contributed by atoms with van der Waals surface area (Å²) in [5.74, 6) is -0.119. The molecule has 1 aromatic heterocycles. The summed E-state index contributed by atoms with van der Waals surface area (Å²) in [6.07, 6.45) is 0. The third kappa shape index (κ3) is 3.11. The van der Waals surface area contributed by atoms with Crippen molar-refractivity contribution in [3.63, 3.8) is 0 Å². The molecule has 1 heterocycles. The summed E-state index contributed by atoms with van der Waals surface area (Å²) in [5, 5.41) is 6.92. The molecular weight excluding hydrogens is 295 g/mol. The van der Waals surface area contributed by atoms with Crippen LogP contribution in [-0.2, 0) is 0 Å². The fourth-order valence-corrected chi connectivity index (χ4v) is 2.24. The number of rotatable bonds is 3. The molecule has 0 aliphatic heterocycles. The molecule has 2 aromatic carbocycles. The molecule has 1 amide bonds. The van der Waals surface area contributed by atoms with Crippen LogP contribution in [0.1, 0.15) is 22.0 Å². The molecule has 0 saturated heterocycles. The Bertz CT molecular complexity index is 855. The van der Waals surface area contributed by atoms with Gasteiger partial charge in [-0.05, 0) is 49.7 Å². The lowest BCUT2D eigenvalue weighted by Gasteiger charge is -2.05. The fourth-order valence-electron chi connectivity index (χ4n) is 2.24. The van der Waals surface area contributed by atoms with Crippen molar-refractivity contribution in [1.82, 2.24) is 14.8 Å². The predicted molar refractivity (Wildman–Crippen MR) is 85.2 cm³/mol. The number of carbonyl (C=O) groups excluding carboxylic acids is 1. The Labute approximate surface area is 132 Å². The standard InChI is InChI=1S/C17H15FN4O/c1-11-5-3-4-6-15(11)22-12(2)19-16(21-22)17(23)20-14-9-7-13(18)8-10-14/h3-10H,1-2H3,(H,20,23). The Hall–Kier alpha value is -3.02. The van der Waals surface area contributed by atoms with Gasteiger partial charge in [0.05, 0.1) is 5.69 Å². The molecule has 0 saturated carbocycles. The van der Waals surface area contributed by atoms with Gasteiger partial charge in [-0.3, -0.25) is 4.79 Å². The van der Waals surface area contributed by atoms with E-state index in [9.17, 15) is 9.18 Å². The molecule has 116 valence electrons. The van der Waals surface area contributed by atoms with Crippen molar-refractivity contribution in [3.8, 4) is 5.69 Å². The van der Waals surface area contributed by atoms with Crippen molar-refractivity contribution in [2.75, 3.05) is 5.32 Å². The summed E-state index contributed by atoms with van der Waals surface area (Å²) < 4.78 is 14.5. The first-order chi connectivity index (χ1) is 11.0. The molecule has 5 nitrogen and oxygen atoms in total. The van der Waals surface area contributed by atoms with Crippen LogP contribution in [0, 0.1) is 19.7 Å². The molecule has 0 spiro atoms. The van der Waals surface area contributed by atoms with E-state index < -0.39 is 5.91 Å². The summed E-state index contributed by atoms with van der Waals surface area (Å²) in [6, 6.07) is 13.2. The number of benzene rings is 2. The lowest BCUT2D eigenvalue weighted by atomic mass is 10.2. The number of nitrogens with zero attached hydrogens (tertiary/aromatic N) is 3. The minimum Gasteiger partial charge on any atom is -0.319 e. The molecule has 0 aliphatic carbocycles. The van der Waals surface area contributed by atoms with E-state index in [1.165, 1.54) is 24.3 Å². The molecule has 6 heteroatoms. The molecule has 3 rings (SSSR count). The molecule has 0 aliphatic rings. The Morgan fingerprint density at radius 2 is 1.78 bits per heavy atom. The van der Waals surface area contributed by atoms with Gasteiger partial charge in [-0.2, -0.15) is 0 Å². The third-order valence-electron chi connectivity index (χ3n) is 3.42. The highest BCUT2D eigenvalue weighted by atomic mass is 19.1. The van der Waals surface area contributed by atoms with Crippen LogP contribution < -0.4 is 5.32 Å². The number of nitrogens with one attached hydrogen (secondary N) is 1. The zero-order valence-corrected chi connectivity index (χ0v) is 12.7. The average Bonchev–Trinajstić information content (AvgIpc) is 2.92. The first-order valence-electron chi connectivity index (χ1n) is 7.11. The van der Waals surface area contributed by atoms with Crippen LogP contribution in [0.3, 0.4) is 0 Å². The number of amides is 1. The summed E-state index contributed by atoms with van der Waals surface area (Å²) >= 11 is 0. The average molecular weight is 310 g/mol. The van der Waals surface area contributed by atoms with Crippen LogP contribution in [0.5, 0.6) is 0 Å². The summed E-state index contributed by atoms with van der Waals surface area (Å²) in [6.45, 7) is 3.75. The smallest absolute Gasteiger partial charge is 0.295 e. The monoisotopic (exact) mass is 310 g/mol. The number of aromatic nitrogens is 3. The quantitative estimate of drug-likeness (QED) is 0.807. The lowest BCUT2D eigenvalue weighted by molar-refractivity contribution is 0.101. The minimum atomic E-state index is -0.438.